The Morgan fingerprint density at radius 2 is 0.843 bits per heavy atom. The summed E-state index contributed by atoms with van der Waals surface area (Å²) >= 11 is 0. The minimum absolute atomic E-state index is 0.0192. The number of Topliss-reactive ketones (excluding diaryl/α,β-unsaturated/α-hetero) is 2. The lowest BCUT2D eigenvalue weighted by molar-refractivity contribution is -0.313. The standard InChI is InChI=1S/C88H92O20/c1-53(51-99-85-76(107-83(96)61-37-23-11-24-38-61)74(105-81(94)59-33-19-9-20-34-59)72(55(3)100-85)103-79(92)57-29-15-7-16-30-57)41-44-68(89)54(2)71-69(90)50-67-65-43-42-63-49-64(45-47-87(63,4)66(65)46-48-88(67,71)5)101-86-77(108-84(97)62-39-25-12-26-40-62)75(106-82(95)60-35-21-10-22-36-60)73(104-80(93)58-31-17-8-18-32-58)70(102-86)52-98-78(91)56-27-13-6-14-28-56/h6-40,53-55,63-67,70-77,85-86H,41-52H2,1-5H3/t53-,54+,55?,63?,64?,65?,66?,67?,70?,71?,72-,73-,74?,75?,76?,77?,85+,86+,87?,88?/m0/s1. The molecule has 14 unspecified atom stereocenters. The molecule has 20 nitrogen and oxygen atoms in total. The summed E-state index contributed by atoms with van der Waals surface area (Å²) < 4.78 is 70.3. The largest absolute Gasteiger partial charge is 0.459 e. The number of carbonyl (C=O) groups excluding carboxylic acids is 9. The number of rotatable bonds is 25. The van der Waals surface area contributed by atoms with Gasteiger partial charge in [0.15, 0.2) is 49.2 Å². The van der Waals surface area contributed by atoms with Crippen molar-refractivity contribution in [2.24, 2.45) is 52.3 Å². The molecule has 0 aromatic heterocycles. The molecule has 4 saturated carbocycles. The van der Waals surface area contributed by atoms with Gasteiger partial charge in [0.2, 0.25) is 0 Å². The van der Waals surface area contributed by atoms with Crippen LogP contribution in [0.2, 0.25) is 0 Å². The summed E-state index contributed by atoms with van der Waals surface area (Å²) in [5.41, 5.74) is 0.849. The fourth-order valence-electron chi connectivity index (χ4n) is 17.8. The number of fused-ring (bicyclic) bond motifs is 5. The highest BCUT2D eigenvalue weighted by Gasteiger charge is 2.64. The van der Waals surface area contributed by atoms with Crippen LogP contribution in [0.3, 0.4) is 0 Å². The summed E-state index contributed by atoms with van der Waals surface area (Å²) in [5, 5.41) is 0. The molecule has 0 bridgehead atoms. The van der Waals surface area contributed by atoms with E-state index in [1.54, 1.807) is 219 Å². The van der Waals surface area contributed by atoms with Gasteiger partial charge < -0.3 is 52.1 Å². The predicted octanol–water partition coefficient (Wildman–Crippen LogP) is 14.5. The summed E-state index contributed by atoms with van der Waals surface area (Å²) in [6.45, 7) is 9.63. The number of hydrogen-bond acceptors (Lipinski definition) is 20. The first-order valence-corrected chi connectivity index (χ1v) is 37.7. The van der Waals surface area contributed by atoms with Gasteiger partial charge in [0, 0.05) is 24.7 Å². The maximum Gasteiger partial charge on any atom is 0.338 e. The number of ether oxygens (including phenoxy) is 11. The van der Waals surface area contributed by atoms with Crippen molar-refractivity contribution in [1.82, 2.24) is 0 Å². The average Bonchev–Trinajstić information content (AvgIpc) is 1.48. The third-order valence-electron chi connectivity index (χ3n) is 23.5. The van der Waals surface area contributed by atoms with Gasteiger partial charge >= 0.3 is 41.8 Å². The van der Waals surface area contributed by atoms with Crippen molar-refractivity contribution in [1.29, 1.82) is 0 Å². The van der Waals surface area contributed by atoms with Gasteiger partial charge in [0.1, 0.15) is 24.3 Å². The summed E-state index contributed by atoms with van der Waals surface area (Å²) in [6, 6.07) is 58.0. The first-order chi connectivity index (χ1) is 52.2. The number of hydrogen-bond donors (Lipinski definition) is 0. The van der Waals surface area contributed by atoms with Gasteiger partial charge in [0.05, 0.1) is 57.8 Å². The first-order valence-electron chi connectivity index (χ1n) is 37.7. The average molecular weight is 1470 g/mol. The summed E-state index contributed by atoms with van der Waals surface area (Å²) in [6.07, 6.45) is -8.06. The fourth-order valence-corrected chi connectivity index (χ4v) is 17.8. The normalized spacial score (nSPS) is 29.7. The molecule has 0 spiro atoms. The van der Waals surface area contributed by atoms with Crippen molar-refractivity contribution in [3.05, 3.63) is 251 Å². The number of carbonyl (C=O) groups is 9. The molecule has 0 radical (unpaired) electrons. The lowest BCUT2D eigenvalue weighted by Crippen LogP contribution is -2.64. The topological polar surface area (TPSA) is 255 Å². The fraction of sp³-hybridized carbons (Fsp3) is 0.420. The first kappa shape index (κ1) is 76.2. The van der Waals surface area contributed by atoms with Gasteiger partial charge in [-0.3, -0.25) is 9.59 Å². The van der Waals surface area contributed by atoms with Crippen LogP contribution in [0.15, 0.2) is 212 Å². The maximum atomic E-state index is 14.7. The minimum atomic E-state index is -1.58. The third-order valence-corrected chi connectivity index (χ3v) is 23.5. The van der Waals surface area contributed by atoms with E-state index in [1.807, 2.05) is 13.8 Å². The molecule has 2 heterocycles. The molecule has 6 fully saturated rings. The van der Waals surface area contributed by atoms with Crippen molar-refractivity contribution in [3.63, 3.8) is 0 Å². The minimum Gasteiger partial charge on any atom is -0.459 e. The summed E-state index contributed by atoms with van der Waals surface area (Å²) in [4.78, 5) is 128. The molecule has 2 aliphatic heterocycles. The summed E-state index contributed by atoms with van der Waals surface area (Å²) in [5.74, 6) is -5.80. The molecule has 20 atom stereocenters. The van der Waals surface area contributed by atoms with E-state index >= 15 is 0 Å². The second-order valence-electron chi connectivity index (χ2n) is 30.2. The lowest BCUT2D eigenvalue weighted by Gasteiger charge is -2.61. The van der Waals surface area contributed by atoms with Crippen molar-refractivity contribution < 1.29 is 95.3 Å². The highest BCUT2D eigenvalue weighted by molar-refractivity contribution is 5.94. The van der Waals surface area contributed by atoms with Crippen molar-refractivity contribution in [3.8, 4) is 0 Å². The number of esters is 7. The molecular weight excluding hydrogens is 1380 g/mol. The number of benzene rings is 7. The van der Waals surface area contributed by atoms with Crippen LogP contribution in [0.5, 0.6) is 0 Å². The highest BCUT2D eigenvalue weighted by atomic mass is 16.7. The molecule has 7 aromatic carbocycles. The van der Waals surface area contributed by atoms with Crippen molar-refractivity contribution in [2.75, 3.05) is 13.2 Å². The molecule has 0 N–H and O–H groups in total. The van der Waals surface area contributed by atoms with Crippen LogP contribution in [-0.4, -0.2) is 134 Å². The monoisotopic (exact) mass is 1470 g/mol. The SMILES string of the molecule is CC1O[C@@H](OC[C@@H](C)CCC(=O)[C@@H](C)C2C(=O)CC3C4CCC5CC(O[C@@H]6OC(COC(=O)c7ccccc7)[C@H](OC(=O)c7ccccc7)C(OC(=O)c7ccccc7)C6OC(=O)c6ccccc6)CCC5(C)C4CCC32C)C(OC(=O)c2ccccc2)C(OC(=O)c2ccccc2)[C@H]1OC(=O)c1ccccc1. The molecule has 6 aliphatic rings. The van der Waals surface area contributed by atoms with Gasteiger partial charge in [-0.25, -0.2) is 33.6 Å². The Labute approximate surface area is 628 Å². The predicted molar refractivity (Wildman–Crippen MR) is 393 cm³/mol. The molecule has 20 heteroatoms. The Bertz CT molecular complexity index is 4280. The van der Waals surface area contributed by atoms with E-state index in [4.69, 9.17) is 52.1 Å². The van der Waals surface area contributed by atoms with E-state index in [1.165, 1.54) is 0 Å². The Hall–Kier alpha value is -9.99. The molecule has 0 amide bonds. The van der Waals surface area contributed by atoms with Crippen LogP contribution in [0.4, 0.5) is 0 Å². The van der Waals surface area contributed by atoms with Gasteiger partial charge in [-0.2, -0.15) is 0 Å². The van der Waals surface area contributed by atoms with Crippen molar-refractivity contribution in [2.45, 2.75) is 166 Å². The van der Waals surface area contributed by atoms with E-state index < -0.39 is 133 Å². The molecule has 7 aromatic rings. The highest BCUT2D eigenvalue weighted by Crippen LogP contribution is 2.68. The van der Waals surface area contributed by atoms with E-state index in [2.05, 4.69) is 13.8 Å². The van der Waals surface area contributed by atoms with Gasteiger partial charge in [-0.1, -0.05) is 155 Å². The second-order valence-corrected chi connectivity index (χ2v) is 30.2. The molecule has 13 rings (SSSR count). The quantitative estimate of drug-likeness (QED) is 0.0293. The van der Waals surface area contributed by atoms with Crippen LogP contribution in [0, 0.1) is 52.3 Å². The van der Waals surface area contributed by atoms with E-state index in [-0.39, 0.29) is 98.5 Å². The Balaban J connectivity index is 0.684. The number of ketones is 2. The van der Waals surface area contributed by atoms with Crippen molar-refractivity contribution >= 4 is 53.4 Å². The molecule has 108 heavy (non-hydrogen) atoms. The van der Waals surface area contributed by atoms with E-state index in [9.17, 15) is 43.2 Å². The Morgan fingerprint density at radius 1 is 0.444 bits per heavy atom. The Morgan fingerprint density at radius 3 is 1.31 bits per heavy atom. The zero-order valence-corrected chi connectivity index (χ0v) is 61.2. The van der Waals surface area contributed by atoms with Crippen LogP contribution in [0.25, 0.3) is 0 Å². The molecule has 4 aliphatic carbocycles. The molecular formula is C88H92O20. The van der Waals surface area contributed by atoms with Crippen LogP contribution < -0.4 is 0 Å². The maximum absolute atomic E-state index is 14.7. The van der Waals surface area contributed by atoms with Crippen LogP contribution in [0.1, 0.15) is 171 Å². The zero-order valence-electron chi connectivity index (χ0n) is 61.2. The Kier molecular flexibility index (Phi) is 24.0. The van der Waals surface area contributed by atoms with Crippen LogP contribution in [-0.2, 0) is 61.7 Å². The van der Waals surface area contributed by atoms with Crippen LogP contribution >= 0.6 is 0 Å². The van der Waals surface area contributed by atoms with E-state index in [0.29, 0.717) is 25.7 Å². The van der Waals surface area contributed by atoms with Gasteiger partial charge in [-0.15, -0.1) is 0 Å². The molecule has 2 saturated heterocycles. The third kappa shape index (κ3) is 17.0. The lowest BCUT2D eigenvalue weighted by atomic mass is 9.44. The van der Waals surface area contributed by atoms with Gasteiger partial charge in [-0.05, 0) is 184 Å². The summed E-state index contributed by atoms with van der Waals surface area (Å²) in [7, 11) is 0. The zero-order chi connectivity index (χ0) is 75.6. The second kappa shape index (κ2) is 34.1. The smallest absolute Gasteiger partial charge is 0.338 e. The van der Waals surface area contributed by atoms with E-state index in [0.717, 1.165) is 32.1 Å². The van der Waals surface area contributed by atoms with Gasteiger partial charge in [0.25, 0.3) is 0 Å². The molecule has 564 valence electrons.